The number of ether oxygens (including phenoxy) is 1. The highest BCUT2D eigenvalue weighted by Crippen LogP contribution is 2.17. The van der Waals surface area contributed by atoms with E-state index in [-0.39, 0.29) is 17.9 Å². The molecule has 3 N–H and O–H groups in total. The van der Waals surface area contributed by atoms with Gasteiger partial charge in [0.05, 0.1) is 12.6 Å². The summed E-state index contributed by atoms with van der Waals surface area (Å²) < 4.78 is 7.08. The van der Waals surface area contributed by atoms with Crippen molar-refractivity contribution in [2.45, 2.75) is 38.4 Å². The number of carbonyl (C=O) groups excluding carboxylic acids is 1. The molecule has 0 bridgehead atoms. The van der Waals surface area contributed by atoms with E-state index in [9.17, 15) is 4.79 Å². The van der Waals surface area contributed by atoms with Gasteiger partial charge in [0.2, 0.25) is 5.91 Å². The summed E-state index contributed by atoms with van der Waals surface area (Å²) in [4.78, 5) is 12.1. The van der Waals surface area contributed by atoms with Crippen molar-refractivity contribution in [3.63, 3.8) is 0 Å². The normalized spacial score (nSPS) is 19.9. The largest absolute Gasteiger partial charge is 0.381 e. The second-order valence-corrected chi connectivity index (χ2v) is 5.11. The van der Waals surface area contributed by atoms with Crippen molar-refractivity contribution in [3.05, 3.63) is 18.5 Å². The van der Waals surface area contributed by atoms with E-state index in [4.69, 9.17) is 10.5 Å². The Balaban J connectivity index is 1.79. The topological polar surface area (TPSA) is 82.2 Å². The van der Waals surface area contributed by atoms with Gasteiger partial charge in [-0.2, -0.15) is 5.10 Å². The van der Waals surface area contributed by atoms with E-state index in [1.165, 1.54) is 0 Å². The summed E-state index contributed by atoms with van der Waals surface area (Å²) >= 11 is 0. The Labute approximate surface area is 113 Å². The van der Waals surface area contributed by atoms with Crippen molar-refractivity contribution in [2.75, 3.05) is 13.2 Å². The lowest BCUT2D eigenvalue weighted by Crippen LogP contribution is -2.50. The van der Waals surface area contributed by atoms with Crippen molar-refractivity contribution in [1.29, 1.82) is 0 Å². The molecule has 2 atom stereocenters. The van der Waals surface area contributed by atoms with Crippen molar-refractivity contribution in [3.8, 4) is 0 Å². The summed E-state index contributed by atoms with van der Waals surface area (Å²) in [5, 5.41) is 7.07. The van der Waals surface area contributed by atoms with E-state index >= 15 is 0 Å². The highest BCUT2D eigenvalue weighted by atomic mass is 16.5. The molecule has 1 fully saturated rings. The molecular formula is C13H22N4O2. The fourth-order valence-corrected chi connectivity index (χ4v) is 2.36. The molecule has 1 aliphatic rings. The summed E-state index contributed by atoms with van der Waals surface area (Å²) in [6, 6.07) is 1.43. The first kappa shape index (κ1) is 14.0. The van der Waals surface area contributed by atoms with Gasteiger partial charge < -0.3 is 15.8 Å². The van der Waals surface area contributed by atoms with Crippen LogP contribution in [0.3, 0.4) is 0 Å². The molecule has 0 radical (unpaired) electrons. The quantitative estimate of drug-likeness (QED) is 0.794. The van der Waals surface area contributed by atoms with Gasteiger partial charge >= 0.3 is 0 Å². The van der Waals surface area contributed by atoms with Crippen molar-refractivity contribution >= 4 is 5.91 Å². The summed E-state index contributed by atoms with van der Waals surface area (Å²) in [5.41, 5.74) is 6.02. The number of amides is 1. The maximum Gasteiger partial charge on any atom is 0.237 e. The zero-order valence-corrected chi connectivity index (χ0v) is 11.3. The van der Waals surface area contributed by atoms with E-state index in [0.717, 1.165) is 12.8 Å². The van der Waals surface area contributed by atoms with Crippen LogP contribution in [0, 0.1) is 5.92 Å². The van der Waals surface area contributed by atoms with Crippen LogP contribution in [-0.2, 0) is 16.1 Å². The van der Waals surface area contributed by atoms with Crippen LogP contribution >= 0.6 is 0 Å². The first-order chi connectivity index (χ1) is 9.16. The summed E-state index contributed by atoms with van der Waals surface area (Å²) in [5.74, 6) is 0.150. The monoisotopic (exact) mass is 266 g/mol. The van der Waals surface area contributed by atoms with Crippen molar-refractivity contribution in [2.24, 2.45) is 11.7 Å². The zero-order chi connectivity index (χ0) is 13.7. The van der Waals surface area contributed by atoms with Gasteiger partial charge in [0.25, 0.3) is 0 Å². The predicted octanol–water partition coefficient (Wildman–Crippen LogP) is 0.142. The van der Waals surface area contributed by atoms with Crippen LogP contribution in [0.1, 0.15) is 19.8 Å². The first-order valence-electron chi connectivity index (χ1n) is 6.78. The van der Waals surface area contributed by atoms with Gasteiger partial charge in [0.1, 0.15) is 0 Å². The average Bonchev–Trinajstić information content (AvgIpc) is 2.91. The lowest BCUT2D eigenvalue weighted by atomic mass is 9.92. The Bertz CT molecular complexity index is 387. The molecule has 106 valence electrons. The van der Waals surface area contributed by atoms with Gasteiger partial charge in [-0.3, -0.25) is 9.48 Å². The molecule has 6 heteroatoms. The smallest absolute Gasteiger partial charge is 0.237 e. The molecule has 1 aromatic rings. The summed E-state index contributed by atoms with van der Waals surface area (Å²) in [6.07, 6.45) is 5.33. The number of aromatic nitrogens is 2. The fraction of sp³-hybridized carbons (Fsp3) is 0.692. The highest BCUT2D eigenvalue weighted by Gasteiger charge is 2.27. The SMILES string of the molecule is CC(Cn1cccn1)NC(=O)C(N)C1CCOCC1. The van der Waals surface area contributed by atoms with Crippen LogP contribution in [0.4, 0.5) is 0 Å². The molecule has 0 aliphatic carbocycles. The van der Waals surface area contributed by atoms with Crippen molar-refractivity contribution < 1.29 is 9.53 Å². The maximum absolute atomic E-state index is 12.1. The minimum atomic E-state index is -0.441. The molecule has 0 aromatic carbocycles. The lowest BCUT2D eigenvalue weighted by Gasteiger charge is -2.27. The lowest BCUT2D eigenvalue weighted by molar-refractivity contribution is -0.125. The molecule has 1 saturated heterocycles. The van der Waals surface area contributed by atoms with Crippen LogP contribution in [0.15, 0.2) is 18.5 Å². The third-order valence-corrected chi connectivity index (χ3v) is 3.49. The molecular weight excluding hydrogens is 244 g/mol. The second kappa shape index (κ2) is 6.68. The standard InChI is InChI=1S/C13H22N4O2/c1-10(9-17-6-2-5-15-17)16-13(18)12(14)11-3-7-19-8-4-11/h2,5-6,10-12H,3-4,7-9,14H2,1H3,(H,16,18). The maximum atomic E-state index is 12.1. The van der Waals surface area contributed by atoms with Crippen LogP contribution in [0.2, 0.25) is 0 Å². The predicted molar refractivity (Wildman–Crippen MR) is 71.4 cm³/mol. The van der Waals surface area contributed by atoms with Crippen LogP contribution in [-0.4, -0.2) is 41.0 Å². The molecule has 2 rings (SSSR count). The Kier molecular flexibility index (Phi) is 4.93. The van der Waals surface area contributed by atoms with E-state index in [1.54, 1.807) is 10.9 Å². The number of hydrogen-bond donors (Lipinski definition) is 2. The van der Waals surface area contributed by atoms with E-state index in [2.05, 4.69) is 10.4 Å². The molecule has 0 saturated carbocycles. The summed E-state index contributed by atoms with van der Waals surface area (Å²) in [6.45, 7) is 4.01. The number of carbonyl (C=O) groups is 1. The van der Waals surface area contributed by atoms with Crippen molar-refractivity contribution in [1.82, 2.24) is 15.1 Å². The van der Waals surface area contributed by atoms with E-state index in [0.29, 0.717) is 19.8 Å². The Morgan fingerprint density at radius 3 is 2.95 bits per heavy atom. The number of nitrogens with zero attached hydrogens (tertiary/aromatic N) is 2. The van der Waals surface area contributed by atoms with Gasteiger partial charge in [0.15, 0.2) is 0 Å². The van der Waals surface area contributed by atoms with Crippen LogP contribution in [0.25, 0.3) is 0 Å². The van der Waals surface area contributed by atoms with Crippen LogP contribution < -0.4 is 11.1 Å². The second-order valence-electron chi connectivity index (χ2n) is 5.11. The number of nitrogens with one attached hydrogen (secondary N) is 1. The molecule has 2 heterocycles. The third-order valence-electron chi connectivity index (χ3n) is 3.49. The Morgan fingerprint density at radius 1 is 1.58 bits per heavy atom. The molecule has 2 unspecified atom stereocenters. The molecule has 6 nitrogen and oxygen atoms in total. The number of hydrogen-bond acceptors (Lipinski definition) is 4. The van der Waals surface area contributed by atoms with Gasteiger partial charge in [-0.15, -0.1) is 0 Å². The average molecular weight is 266 g/mol. The van der Waals surface area contributed by atoms with Gasteiger partial charge in [-0.25, -0.2) is 0 Å². The highest BCUT2D eigenvalue weighted by molar-refractivity contribution is 5.82. The molecule has 1 amide bonds. The summed E-state index contributed by atoms with van der Waals surface area (Å²) in [7, 11) is 0. The molecule has 0 spiro atoms. The molecule has 19 heavy (non-hydrogen) atoms. The minimum absolute atomic E-state index is 0.0123. The van der Waals surface area contributed by atoms with Crippen LogP contribution in [0.5, 0.6) is 0 Å². The van der Waals surface area contributed by atoms with Gasteiger partial charge in [-0.1, -0.05) is 0 Å². The van der Waals surface area contributed by atoms with E-state index < -0.39 is 6.04 Å². The van der Waals surface area contributed by atoms with Gasteiger partial charge in [-0.05, 0) is 31.7 Å². The minimum Gasteiger partial charge on any atom is -0.381 e. The third kappa shape index (κ3) is 4.04. The molecule has 1 aromatic heterocycles. The number of rotatable bonds is 5. The first-order valence-corrected chi connectivity index (χ1v) is 6.78. The van der Waals surface area contributed by atoms with Gasteiger partial charge in [0, 0.05) is 31.6 Å². The Hall–Kier alpha value is -1.40. The fourth-order valence-electron chi connectivity index (χ4n) is 2.36. The Morgan fingerprint density at radius 2 is 2.32 bits per heavy atom. The zero-order valence-electron chi connectivity index (χ0n) is 11.3. The van der Waals surface area contributed by atoms with E-state index in [1.807, 2.05) is 19.2 Å². The number of nitrogens with two attached hydrogens (primary N) is 1. The molecule has 1 aliphatic heterocycles.